The minimum atomic E-state index is -3.76. The third kappa shape index (κ3) is 6.33. The molecule has 29 heavy (non-hydrogen) atoms. The number of nitrogens with one attached hydrogen (secondary N) is 2. The smallest absolute Gasteiger partial charge is 0.241 e. The number of unbranched alkanes of at least 4 members (excludes halogenated alkanes) is 1. The van der Waals surface area contributed by atoms with Crippen LogP contribution >= 0.6 is 0 Å². The lowest BCUT2D eigenvalue weighted by atomic mass is 9.89. The molecule has 10 heteroatoms. The van der Waals surface area contributed by atoms with E-state index in [0.717, 1.165) is 23.4 Å². The van der Waals surface area contributed by atoms with Crippen molar-refractivity contribution in [2.75, 3.05) is 19.4 Å². The lowest BCUT2D eigenvalue weighted by molar-refractivity contribution is -0.120. The molecule has 0 aliphatic carbocycles. The number of nitrogens with two attached hydrogens (primary N) is 1. The molecular formula is C19H30N4O5S. The number of nitrogens with zero attached hydrogens (tertiary/aromatic N) is 1. The van der Waals surface area contributed by atoms with Gasteiger partial charge in [-0.15, -0.1) is 0 Å². The molecule has 1 aliphatic heterocycles. The molecule has 1 heterocycles. The molecule has 9 nitrogen and oxygen atoms in total. The maximum atomic E-state index is 12.6. The molecule has 0 aromatic heterocycles. The highest BCUT2D eigenvalue weighted by Crippen LogP contribution is 2.44. The second kappa shape index (κ2) is 9.00. The number of hydrogen-bond acceptors (Lipinski definition) is 6. The molecule has 1 aromatic carbocycles. The van der Waals surface area contributed by atoms with Gasteiger partial charge in [-0.1, -0.05) is 13.3 Å². The Balaban J connectivity index is 2.43. The van der Waals surface area contributed by atoms with Gasteiger partial charge < -0.3 is 15.2 Å². The van der Waals surface area contributed by atoms with E-state index in [-0.39, 0.29) is 0 Å². The number of carbonyl (C=O) groups excluding carboxylic acids is 1. The fourth-order valence-corrected chi connectivity index (χ4v) is 4.27. The summed E-state index contributed by atoms with van der Waals surface area (Å²) in [5, 5.41) is 9.33. The normalized spacial score (nSPS) is 17.9. The molecule has 1 amide bonds. The van der Waals surface area contributed by atoms with E-state index >= 15 is 0 Å². The van der Waals surface area contributed by atoms with Gasteiger partial charge in [0.25, 0.3) is 0 Å². The Morgan fingerprint density at radius 2 is 2.14 bits per heavy atom. The van der Waals surface area contributed by atoms with Gasteiger partial charge in [-0.25, -0.2) is 8.42 Å². The van der Waals surface area contributed by atoms with E-state index in [1.807, 2.05) is 13.8 Å². The van der Waals surface area contributed by atoms with Crippen molar-refractivity contribution in [1.82, 2.24) is 9.62 Å². The van der Waals surface area contributed by atoms with Crippen molar-refractivity contribution >= 4 is 21.9 Å². The van der Waals surface area contributed by atoms with E-state index < -0.39 is 40.1 Å². The minimum absolute atomic E-state index is 0.346. The summed E-state index contributed by atoms with van der Waals surface area (Å²) in [7, 11) is -3.76. The Hall–Kier alpha value is -2.33. The van der Waals surface area contributed by atoms with Crippen molar-refractivity contribution in [1.29, 1.82) is 5.41 Å². The van der Waals surface area contributed by atoms with Crippen molar-refractivity contribution in [3.8, 4) is 11.5 Å². The number of sulfonamides is 1. The summed E-state index contributed by atoms with van der Waals surface area (Å²) in [5.74, 6) is -0.0474. The summed E-state index contributed by atoms with van der Waals surface area (Å²) < 4.78 is 38.0. The Labute approximate surface area is 172 Å². The van der Waals surface area contributed by atoms with Gasteiger partial charge in [-0.05, 0) is 38.5 Å². The largest absolute Gasteiger partial charge is 0.494 e. The average molecular weight is 427 g/mol. The second-order valence-electron chi connectivity index (χ2n) is 7.75. The first kappa shape index (κ1) is 23.0. The number of fused-ring (bicyclic) bond motifs is 1. The summed E-state index contributed by atoms with van der Waals surface area (Å²) in [6.45, 7) is 5.90. The Bertz CT molecular complexity index is 869. The van der Waals surface area contributed by atoms with Gasteiger partial charge in [0.1, 0.15) is 17.1 Å². The van der Waals surface area contributed by atoms with Gasteiger partial charge in [-0.2, -0.15) is 4.31 Å². The van der Waals surface area contributed by atoms with Crippen LogP contribution in [0.1, 0.15) is 51.6 Å². The molecule has 0 saturated carbocycles. The Kier molecular flexibility index (Phi) is 7.12. The zero-order valence-corrected chi connectivity index (χ0v) is 18.1. The number of guanidine groups is 1. The maximum Gasteiger partial charge on any atom is 0.241 e. The van der Waals surface area contributed by atoms with Crippen LogP contribution in [0.4, 0.5) is 0 Å². The summed E-state index contributed by atoms with van der Waals surface area (Å²) in [6.07, 6.45) is 3.30. The van der Waals surface area contributed by atoms with Crippen LogP contribution in [0.25, 0.3) is 0 Å². The summed E-state index contributed by atoms with van der Waals surface area (Å²) in [5.41, 5.74) is 5.20. The molecular weight excluding hydrogens is 396 g/mol. The van der Waals surface area contributed by atoms with Crippen molar-refractivity contribution < 1.29 is 22.7 Å². The Morgan fingerprint density at radius 3 is 2.72 bits per heavy atom. The lowest BCUT2D eigenvalue weighted by Gasteiger charge is -2.41. The number of ether oxygens (including phenoxy) is 2. The molecule has 1 atom stereocenters. The number of amides is 1. The summed E-state index contributed by atoms with van der Waals surface area (Å²) in [6, 6.07) is 4.70. The van der Waals surface area contributed by atoms with Gasteiger partial charge in [0.05, 0.1) is 25.4 Å². The molecule has 4 N–H and O–H groups in total. The second-order valence-corrected chi connectivity index (χ2v) is 9.69. The van der Waals surface area contributed by atoms with E-state index in [4.69, 9.17) is 20.6 Å². The predicted molar refractivity (Wildman–Crippen MR) is 111 cm³/mol. The topological polar surface area (TPSA) is 135 Å². The minimum Gasteiger partial charge on any atom is -0.494 e. The van der Waals surface area contributed by atoms with E-state index in [1.54, 1.807) is 18.2 Å². The first-order valence-corrected chi connectivity index (χ1v) is 11.3. The number of benzene rings is 1. The lowest BCUT2D eigenvalue weighted by Crippen LogP contribution is -2.48. The van der Waals surface area contributed by atoms with Crippen LogP contribution in [0.3, 0.4) is 0 Å². The van der Waals surface area contributed by atoms with E-state index in [0.29, 0.717) is 30.1 Å². The van der Waals surface area contributed by atoms with Crippen LogP contribution in [0, 0.1) is 5.41 Å². The van der Waals surface area contributed by atoms with Crippen molar-refractivity contribution in [3.63, 3.8) is 0 Å². The van der Waals surface area contributed by atoms with Crippen LogP contribution in [-0.2, 0) is 14.8 Å². The highest BCUT2D eigenvalue weighted by Gasteiger charge is 2.41. The molecule has 2 rings (SSSR count). The van der Waals surface area contributed by atoms with Gasteiger partial charge in [0, 0.05) is 12.0 Å². The maximum absolute atomic E-state index is 12.6. The quantitative estimate of drug-likeness (QED) is 0.329. The van der Waals surface area contributed by atoms with Crippen molar-refractivity contribution in [3.05, 3.63) is 23.8 Å². The SMILES string of the molecule is CCCCOc1ccc2c(c1)C(N(CC(=O)NC(=N)N)S(C)(=O)=O)CC(C)(C)O2. The highest BCUT2D eigenvalue weighted by atomic mass is 32.2. The van der Waals surface area contributed by atoms with Gasteiger partial charge >= 0.3 is 0 Å². The van der Waals surface area contributed by atoms with Crippen LogP contribution in [0.2, 0.25) is 0 Å². The molecule has 0 spiro atoms. The molecule has 0 radical (unpaired) electrons. The van der Waals surface area contributed by atoms with Crippen LogP contribution in [-0.4, -0.2) is 49.6 Å². The van der Waals surface area contributed by atoms with Crippen LogP contribution in [0.5, 0.6) is 11.5 Å². The van der Waals surface area contributed by atoms with Gasteiger partial charge in [-0.3, -0.25) is 15.5 Å². The standard InChI is InChI=1S/C19H30N4O5S/c1-5-6-9-27-13-7-8-16-14(10-13)15(11-19(2,3)28-16)23(29(4,25)26)12-17(24)22-18(20)21/h7-8,10,15H,5-6,9,11-12H2,1-4H3,(H4,20,21,22,24). The molecule has 162 valence electrons. The molecule has 1 aliphatic rings. The first-order chi connectivity index (χ1) is 13.4. The van der Waals surface area contributed by atoms with E-state index in [9.17, 15) is 13.2 Å². The average Bonchev–Trinajstić information content (AvgIpc) is 2.57. The predicted octanol–water partition coefficient (Wildman–Crippen LogP) is 1.74. The highest BCUT2D eigenvalue weighted by molar-refractivity contribution is 7.88. The van der Waals surface area contributed by atoms with Gasteiger partial charge in [0.2, 0.25) is 15.9 Å². The van der Waals surface area contributed by atoms with Crippen LogP contribution in [0.15, 0.2) is 18.2 Å². The van der Waals surface area contributed by atoms with E-state index in [2.05, 4.69) is 12.2 Å². The molecule has 1 unspecified atom stereocenters. The van der Waals surface area contributed by atoms with Crippen molar-refractivity contribution in [2.24, 2.45) is 5.73 Å². The fraction of sp³-hybridized carbons (Fsp3) is 0.579. The monoisotopic (exact) mass is 426 g/mol. The third-order valence-corrected chi connectivity index (χ3v) is 5.76. The van der Waals surface area contributed by atoms with E-state index in [1.165, 1.54) is 0 Å². The zero-order chi connectivity index (χ0) is 21.8. The zero-order valence-electron chi connectivity index (χ0n) is 17.3. The fourth-order valence-electron chi connectivity index (χ4n) is 3.27. The molecule has 0 bridgehead atoms. The summed E-state index contributed by atoms with van der Waals surface area (Å²) in [4.78, 5) is 12.2. The first-order valence-electron chi connectivity index (χ1n) is 9.49. The number of rotatable bonds is 8. The molecule has 0 fully saturated rings. The molecule has 0 saturated heterocycles. The third-order valence-electron chi connectivity index (χ3n) is 4.53. The molecule has 1 aromatic rings. The Morgan fingerprint density at radius 1 is 1.45 bits per heavy atom. The number of carbonyl (C=O) groups is 1. The van der Waals surface area contributed by atoms with Gasteiger partial charge in [0.15, 0.2) is 5.96 Å². The summed E-state index contributed by atoms with van der Waals surface area (Å²) >= 11 is 0. The van der Waals surface area contributed by atoms with Crippen LogP contribution < -0.4 is 20.5 Å². The van der Waals surface area contributed by atoms with Crippen molar-refractivity contribution in [2.45, 2.75) is 51.7 Å². The number of hydrogen-bond donors (Lipinski definition) is 3.